The molecule has 2 rings (SSSR count). The summed E-state index contributed by atoms with van der Waals surface area (Å²) in [5.41, 5.74) is 7.70. The van der Waals surface area contributed by atoms with Crippen molar-refractivity contribution < 1.29 is 9.18 Å². The molecule has 3 nitrogen and oxygen atoms in total. The third-order valence-electron chi connectivity index (χ3n) is 3.35. The first-order valence-electron chi connectivity index (χ1n) is 7.36. The van der Waals surface area contributed by atoms with Gasteiger partial charge in [-0.15, -0.1) is 0 Å². The van der Waals surface area contributed by atoms with Gasteiger partial charge in [0.15, 0.2) is 0 Å². The van der Waals surface area contributed by atoms with Crippen LogP contribution in [0.15, 0.2) is 54.6 Å². The molecular weight excluding hydrogens is 279 g/mol. The van der Waals surface area contributed by atoms with E-state index >= 15 is 0 Å². The summed E-state index contributed by atoms with van der Waals surface area (Å²) < 4.78 is 13.0. The minimum Gasteiger partial charge on any atom is -0.334 e. The van der Waals surface area contributed by atoms with Crippen LogP contribution in [0.3, 0.4) is 0 Å². The van der Waals surface area contributed by atoms with Crippen molar-refractivity contribution in [1.82, 2.24) is 4.90 Å². The molecular formula is C18H21FN2O. The Bertz CT molecular complexity index is 596. The fourth-order valence-corrected chi connectivity index (χ4v) is 2.25. The smallest absolute Gasteiger partial charge is 0.224 e. The number of rotatable bonds is 6. The Balaban J connectivity index is 2.13. The predicted octanol–water partition coefficient (Wildman–Crippen LogP) is 3.09. The Morgan fingerprint density at radius 2 is 1.59 bits per heavy atom. The third-order valence-corrected chi connectivity index (χ3v) is 3.35. The van der Waals surface area contributed by atoms with Crippen LogP contribution in [0, 0.1) is 5.82 Å². The SMILES string of the molecule is CC(N)CC(=O)N(Cc1ccccc1)Cc1ccc(F)cc1. The van der Waals surface area contributed by atoms with E-state index in [1.807, 2.05) is 37.3 Å². The lowest BCUT2D eigenvalue weighted by Crippen LogP contribution is -2.34. The maximum Gasteiger partial charge on any atom is 0.224 e. The topological polar surface area (TPSA) is 46.3 Å². The molecule has 2 aromatic rings. The molecule has 4 heteroatoms. The van der Waals surface area contributed by atoms with Crippen molar-refractivity contribution in [3.05, 3.63) is 71.5 Å². The molecule has 0 saturated heterocycles. The molecule has 0 aliphatic heterocycles. The van der Waals surface area contributed by atoms with Crippen molar-refractivity contribution >= 4 is 5.91 Å². The number of amides is 1. The van der Waals surface area contributed by atoms with Crippen molar-refractivity contribution in [2.75, 3.05) is 0 Å². The summed E-state index contributed by atoms with van der Waals surface area (Å²) in [5.74, 6) is -0.275. The van der Waals surface area contributed by atoms with Crippen LogP contribution in [0.25, 0.3) is 0 Å². The number of benzene rings is 2. The highest BCUT2D eigenvalue weighted by Crippen LogP contribution is 2.13. The molecule has 0 radical (unpaired) electrons. The second-order valence-electron chi connectivity index (χ2n) is 5.54. The van der Waals surface area contributed by atoms with Gasteiger partial charge in [0.05, 0.1) is 0 Å². The third kappa shape index (κ3) is 4.97. The number of halogens is 1. The molecule has 0 saturated carbocycles. The summed E-state index contributed by atoms with van der Waals surface area (Å²) in [6, 6.07) is 15.8. The summed E-state index contributed by atoms with van der Waals surface area (Å²) in [7, 11) is 0. The molecule has 0 aliphatic carbocycles. The molecule has 2 N–H and O–H groups in total. The first-order chi connectivity index (χ1) is 10.5. The Morgan fingerprint density at radius 1 is 1.05 bits per heavy atom. The van der Waals surface area contributed by atoms with E-state index in [1.54, 1.807) is 17.0 Å². The quantitative estimate of drug-likeness (QED) is 0.891. The standard InChI is InChI=1S/C18H21FN2O/c1-14(20)11-18(22)21(12-15-5-3-2-4-6-15)13-16-7-9-17(19)10-8-16/h2-10,14H,11-13,20H2,1H3. The normalized spacial score (nSPS) is 12.0. The molecule has 0 aliphatic rings. The van der Waals surface area contributed by atoms with E-state index in [0.717, 1.165) is 11.1 Å². The summed E-state index contributed by atoms with van der Waals surface area (Å²) in [5, 5.41) is 0. The number of carbonyl (C=O) groups excluding carboxylic acids is 1. The van der Waals surface area contributed by atoms with Gasteiger partial charge >= 0.3 is 0 Å². The largest absolute Gasteiger partial charge is 0.334 e. The fraction of sp³-hybridized carbons (Fsp3) is 0.278. The minimum atomic E-state index is -0.278. The van der Waals surface area contributed by atoms with Crippen molar-refractivity contribution in [1.29, 1.82) is 0 Å². The predicted molar refractivity (Wildman–Crippen MR) is 85.4 cm³/mol. The van der Waals surface area contributed by atoms with Crippen LogP contribution in [0.2, 0.25) is 0 Å². The average molecular weight is 300 g/mol. The molecule has 0 heterocycles. The highest BCUT2D eigenvalue weighted by molar-refractivity contribution is 5.76. The number of nitrogens with two attached hydrogens (primary N) is 1. The zero-order valence-electron chi connectivity index (χ0n) is 12.7. The maximum atomic E-state index is 13.0. The summed E-state index contributed by atoms with van der Waals surface area (Å²) in [4.78, 5) is 14.2. The molecule has 0 fully saturated rings. The molecule has 22 heavy (non-hydrogen) atoms. The van der Waals surface area contributed by atoms with E-state index in [1.165, 1.54) is 12.1 Å². The molecule has 116 valence electrons. The van der Waals surface area contributed by atoms with Crippen LogP contribution in [0.5, 0.6) is 0 Å². The van der Waals surface area contributed by atoms with Crippen molar-refractivity contribution in [3.8, 4) is 0 Å². The molecule has 1 atom stereocenters. The second-order valence-corrected chi connectivity index (χ2v) is 5.54. The molecule has 0 bridgehead atoms. The lowest BCUT2D eigenvalue weighted by Gasteiger charge is -2.24. The average Bonchev–Trinajstić information content (AvgIpc) is 2.49. The molecule has 0 spiro atoms. The highest BCUT2D eigenvalue weighted by atomic mass is 19.1. The zero-order valence-corrected chi connectivity index (χ0v) is 12.7. The van der Waals surface area contributed by atoms with Gasteiger partial charge in [0.2, 0.25) is 5.91 Å². The van der Waals surface area contributed by atoms with Gasteiger partial charge in [0.25, 0.3) is 0 Å². The Labute approximate surface area is 130 Å². The summed E-state index contributed by atoms with van der Waals surface area (Å²) in [6.45, 7) is 2.78. The van der Waals surface area contributed by atoms with Gasteiger partial charge < -0.3 is 10.6 Å². The Morgan fingerprint density at radius 3 is 2.14 bits per heavy atom. The van der Waals surface area contributed by atoms with Crippen molar-refractivity contribution in [3.63, 3.8) is 0 Å². The van der Waals surface area contributed by atoms with Crippen molar-refractivity contribution in [2.45, 2.75) is 32.5 Å². The first-order valence-corrected chi connectivity index (χ1v) is 7.36. The van der Waals surface area contributed by atoms with Crippen LogP contribution < -0.4 is 5.73 Å². The second kappa shape index (κ2) is 7.71. The summed E-state index contributed by atoms with van der Waals surface area (Å²) in [6.07, 6.45) is 0.300. The van der Waals surface area contributed by atoms with E-state index in [2.05, 4.69) is 0 Å². The zero-order chi connectivity index (χ0) is 15.9. The van der Waals surface area contributed by atoms with E-state index in [4.69, 9.17) is 5.73 Å². The minimum absolute atomic E-state index is 0.00294. The van der Waals surface area contributed by atoms with Crippen LogP contribution in [-0.4, -0.2) is 16.8 Å². The van der Waals surface area contributed by atoms with E-state index < -0.39 is 0 Å². The van der Waals surface area contributed by atoms with Gasteiger partial charge in [-0.25, -0.2) is 4.39 Å². The molecule has 0 aromatic heterocycles. The van der Waals surface area contributed by atoms with Gasteiger partial charge in [0, 0.05) is 25.6 Å². The molecule has 1 unspecified atom stereocenters. The van der Waals surface area contributed by atoms with Gasteiger partial charge in [-0.1, -0.05) is 42.5 Å². The fourth-order valence-electron chi connectivity index (χ4n) is 2.25. The van der Waals surface area contributed by atoms with Gasteiger partial charge in [-0.2, -0.15) is 0 Å². The number of nitrogens with zero attached hydrogens (tertiary/aromatic N) is 1. The molecule has 2 aromatic carbocycles. The van der Waals surface area contributed by atoms with Crippen LogP contribution in [0.4, 0.5) is 4.39 Å². The molecule has 1 amide bonds. The van der Waals surface area contributed by atoms with Gasteiger partial charge in [0.1, 0.15) is 5.82 Å². The lowest BCUT2D eigenvalue weighted by atomic mass is 10.1. The Kier molecular flexibility index (Phi) is 5.67. The van der Waals surface area contributed by atoms with E-state index in [9.17, 15) is 9.18 Å². The van der Waals surface area contributed by atoms with Gasteiger partial charge in [-0.3, -0.25) is 4.79 Å². The maximum absolute atomic E-state index is 13.0. The van der Waals surface area contributed by atoms with E-state index in [0.29, 0.717) is 19.5 Å². The lowest BCUT2D eigenvalue weighted by molar-refractivity contribution is -0.132. The van der Waals surface area contributed by atoms with Crippen LogP contribution in [0.1, 0.15) is 24.5 Å². The first kappa shape index (κ1) is 16.2. The number of carbonyl (C=O) groups is 1. The van der Waals surface area contributed by atoms with Gasteiger partial charge in [-0.05, 0) is 30.2 Å². The Hall–Kier alpha value is -2.20. The van der Waals surface area contributed by atoms with Crippen LogP contribution >= 0.6 is 0 Å². The number of hydrogen-bond donors (Lipinski definition) is 1. The van der Waals surface area contributed by atoms with Crippen molar-refractivity contribution in [2.24, 2.45) is 5.73 Å². The van der Waals surface area contributed by atoms with E-state index in [-0.39, 0.29) is 17.8 Å². The highest BCUT2D eigenvalue weighted by Gasteiger charge is 2.16. The summed E-state index contributed by atoms with van der Waals surface area (Å²) >= 11 is 0. The monoisotopic (exact) mass is 300 g/mol. The van der Waals surface area contributed by atoms with Crippen LogP contribution in [-0.2, 0) is 17.9 Å². The number of hydrogen-bond acceptors (Lipinski definition) is 2.